The molecule has 1 aromatic heterocycles. The highest BCUT2D eigenvalue weighted by Crippen LogP contribution is 2.67. The third-order valence-electron chi connectivity index (χ3n) is 7.54. The molecule has 0 radical (unpaired) electrons. The number of aryl methyl sites for hydroxylation is 1. The van der Waals surface area contributed by atoms with Crippen molar-refractivity contribution < 1.29 is 74.5 Å². The molecule has 0 bridgehead atoms. The van der Waals surface area contributed by atoms with Crippen LogP contribution in [0.4, 0.5) is 5.69 Å². The first-order valence-electron chi connectivity index (χ1n) is 14.2. The summed E-state index contributed by atoms with van der Waals surface area (Å²) >= 11 is 12.2. The molecule has 0 spiro atoms. The van der Waals surface area contributed by atoms with Gasteiger partial charge in [-0.15, -0.1) is 0 Å². The van der Waals surface area contributed by atoms with Gasteiger partial charge in [0.2, 0.25) is 5.78 Å². The van der Waals surface area contributed by atoms with Gasteiger partial charge in [0.05, 0.1) is 34.2 Å². The van der Waals surface area contributed by atoms with Gasteiger partial charge in [-0.05, 0) is 36.8 Å². The monoisotopic (exact) mass is 847 g/mol. The molecule has 1 saturated heterocycles. The standard InChI is InChI=1S/C25H27Cl2N3O18P4/c1-11-9-30(24(34)29-23(11)33)19-8-17(31)18(44-19)10-43-49(35,36)46-51(39,40)48-52(41,42)47-50(37,38)45-12-4-5-15-13(6-12)25(2,3)20-16(28-15)7-14(26)22(32)21(20)27/h4-7,9,17-19,31H,8,10H2,1-3H3,(H,35,36)(H,37,38)(H,39,40)(H,41,42)(H,29,33,34)/p-4/t17?,18-,19-/m1/s1. The lowest BCUT2D eigenvalue weighted by molar-refractivity contribution is -0.253. The minimum atomic E-state index is -6.54. The second-order valence-electron chi connectivity index (χ2n) is 11.6. The molecular weight excluding hydrogens is 825 g/mol. The number of aliphatic hydroxyl groups excluding tert-OH is 1. The largest absolute Gasteiger partial charge is 0.756 e. The van der Waals surface area contributed by atoms with Crippen molar-refractivity contribution in [1.29, 1.82) is 0 Å². The van der Waals surface area contributed by atoms with E-state index in [1.54, 1.807) is 13.8 Å². The lowest BCUT2D eigenvalue weighted by atomic mass is 9.71. The Morgan fingerprint density at radius 3 is 2.29 bits per heavy atom. The molecule has 0 saturated carbocycles. The molecule has 3 aliphatic rings. The summed E-state index contributed by atoms with van der Waals surface area (Å²) in [4.78, 5) is 91.5. The molecule has 5 unspecified atom stereocenters. The van der Waals surface area contributed by atoms with E-state index >= 15 is 0 Å². The minimum absolute atomic E-state index is 0.101. The van der Waals surface area contributed by atoms with Crippen LogP contribution in [0.15, 0.2) is 60.7 Å². The maximum Gasteiger partial charge on any atom is 0.330 e. The number of nitrogens with zero attached hydrogens (tertiary/aromatic N) is 2. The Bertz CT molecular complexity index is 2270. The van der Waals surface area contributed by atoms with E-state index in [0.717, 1.165) is 22.9 Å². The van der Waals surface area contributed by atoms with Crippen LogP contribution in [0.2, 0.25) is 0 Å². The molecule has 2 aliphatic heterocycles. The number of benzene rings is 1. The molecule has 52 heavy (non-hydrogen) atoms. The number of allylic oxidation sites excluding steroid dienone is 4. The predicted octanol–water partition coefficient (Wildman–Crippen LogP) is 1.07. The zero-order valence-electron chi connectivity index (χ0n) is 26.4. The van der Waals surface area contributed by atoms with Crippen LogP contribution >= 0.6 is 54.5 Å². The van der Waals surface area contributed by atoms with E-state index in [4.69, 9.17) is 27.9 Å². The number of carbonyl (C=O) groups excluding carboxylic acids is 1. The van der Waals surface area contributed by atoms with Gasteiger partial charge >= 0.3 is 13.5 Å². The molecule has 2 aromatic rings. The number of hydrogen-bond donors (Lipinski definition) is 2. The van der Waals surface area contributed by atoms with Crippen molar-refractivity contribution in [3.63, 3.8) is 0 Å². The summed E-state index contributed by atoms with van der Waals surface area (Å²) in [6.45, 7) is 3.46. The highest BCUT2D eigenvalue weighted by molar-refractivity contribution is 7.68. The molecule has 1 aromatic carbocycles. The van der Waals surface area contributed by atoms with E-state index in [1.165, 1.54) is 19.1 Å². The number of hydrogen-bond acceptors (Lipinski definition) is 19. The van der Waals surface area contributed by atoms with E-state index in [-0.39, 0.29) is 44.6 Å². The van der Waals surface area contributed by atoms with Crippen LogP contribution < -0.4 is 35.3 Å². The Balaban J connectivity index is 1.21. The van der Waals surface area contributed by atoms with E-state index in [9.17, 15) is 57.3 Å². The third-order valence-corrected chi connectivity index (χ3v) is 13.9. The Kier molecular flexibility index (Phi) is 11.3. The van der Waals surface area contributed by atoms with Crippen molar-refractivity contribution in [2.24, 2.45) is 4.99 Å². The molecule has 7 atom stereocenters. The molecule has 284 valence electrons. The van der Waals surface area contributed by atoms with Gasteiger partial charge < -0.3 is 38.5 Å². The van der Waals surface area contributed by atoms with Crippen molar-refractivity contribution in [3.05, 3.63) is 78.1 Å². The Labute approximate surface area is 301 Å². The summed E-state index contributed by atoms with van der Waals surface area (Å²) in [6, 6.07) is 3.39. The first kappa shape index (κ1) is 40.8. The summed E-state index contributed by atoms with van der Waals surface area (Å²) in [5.41, 5.74) is -1.61. The number of Topliss-reactive ketones (excluding diaryl/α,β-unsaturated/α-hetero) is 1. The Morgan fingerprint density at radius 2 is 1.63 bits per heavy atom. The van der Waals surface area contributed by atoms with Crippen LogP contribution in [0, 0.1) is 6.92 Å². The van der Waals surface area contributed by atoms with Crippen molar-refractivity contribution in [1.82, 2.24) is 9.55 Å². The first-order valence-corrected chi connectivity index (χ1v) is 20.8. The summed E-state index contributed by atoms with van der Waals surface area (Å²) in [5, 5.41) is 9.79. The van der Waals surface area contributed by atoms with E-state index in [1.807, 2.05) is 4.98 Å². The maximum absolute atomic E-state index is 12.5. The van der Waals surface area contributed by atoms with Crippen LogP contribution in [-0.2, 0) is 50.7 Å². The minimum Gasteiger partial charge on any atom is -0.756 e. The van der Waals surface area contributed by atoms with Crippen LogP contribution in [0.5, 0.6) is 5.75 Å². The summed E-state index contributed by atoms with van der Waals surface area (Å²) in [6.07, 6.45) is -2.12. The number of halogens is 2. The van der Waals surface area contributed by atoms with Gasteiger partial charge in [0.25, 0.3) is 29.0 Å². The zero-order valence-corrected chi connectivity index (χ0v) is 31.4. The summed E-state index contributed by atoms with van der Waals surface area (Å²) < 4.78 is 75.4. The highest BCUT2D eigenvalue weighted by Gasteiger charge is 2.41. The number of carbonyl (C=O) groups is 1. The maximum atomic E-state index is 12.5. The SMILES string of the molecule is Cc1cn([C@H]2CC(O)[C@@H](COP(=O)([O-])OP(=O)([O-])OP(=O)([O-])OP(=O)([O-])Oc3ccc4c(c3)C(C)(C)C3=C(Cl)C(=O)C(Cl)=CC3=N4)O2)c(=O)[nH]c1=O. The number of aliphatic imine (C=N–C) groups is 1. The number of phosphoric ester groups is 2. The Hall–Kier alpha value is -2.38. The number of phosphoric acid groups is 4. The quantitative estimate of drug-likeness (QED) is 0.223. The van der Waals surface area contributed by atoms with Crippen LogP contribution in [0.3, 0.4) is 0 Å². The fourth-order valence-corrected chi connectivity index (χ4v) is 10.7. The van der Waals surface area contributed by atoms with Crippen molar-refractivity contribution >= 4 is 71.7 Å². The number of aliphatic hydroxyl groups is 1. The number of ether oxygens (including phenoxy) is 1. The molecule has 2 N–H and O–H groups in total. The second-order valence-corrected chi connectivity index (χ2v) is 18.4. The molecule has 3 heterocycles. The lowest BCUT2D eigenvalue weighted by Crippen LogP contribution is -2.33. The average Bonchev–Trinajstić information content (AvgIpc) is 3.34. The first-order chi connectivity index (χ1) is 23.8. The van der Waals surface area contributed by atoms with Crippen molar-refractivity contribution in [3.8, 4) is 5.75 Å². The summed E-state index contributed by atoms with van der Waals surface area (Å²) in [7, 11) is -25.2. The molecule has 27 heteroatoms. The molecule has 0 amide bonds. The smallest absolute Gasteiger partial charge is 0.330 e. The predicted molar refractivity (Wildman–Crippen MR) is 169 cm³/mol. The third kappa shape index (κ3) is 8.94. The van der Waals surface area contributed by atoms with Gasteiger partial charge in [-0.2, -0.15) is 0 Å². The number of ketones is 1. The normalized spacial score (nSPS) is 25.8. The second kappa shape index (κ2) is 14.4. The number of fused-ring (bicyclic) bond motifs is 2. The molecule has 21 nitrogen and oxygen atoms in total. The van der Waals surface area contributed by atoms with E-state index in [0.29, 0.717) is 0 Å². The molecule has 5 rings (SSSR count). The van der Waals surface area contributed by atoms with Gasteiger partial charge in [0.15, 0.2) is 0 Å². The topological polar surface area (TPSA) is 320 Å². The fourth-order valence-electron chi connectivity index (χ4n) is 5.27. The number of aromatic nitrogens is 2. The van der Waals surface area contributed by atoms with Gasteiger partial charge in [0, 0.05) is 29.2 Å². The van der Waals surface area contributed by atoms with Gasteiger partial charge in [-0.3, -0.25) is 37.4 Å². The number of H-pyrrole nitrogens is 1. The average molecular weight is 848 g/mol. The van der Waals surface area contributed by atoms with Crippen LogP contribution in [0.1, 0.15) is 37.6 Å². The highest BCUT2D eigenvalue weighted by atomic mass is 35.5. The van der Waals surface area contributed by atoms with E-state index < -0.39 is 84.5 Å². The van der Waals surface area contributed by atoms with E-state index in [2.05, 4.69) is 27.0 Å². The Morgan fingerprint density at radius 1 is 1.02 bits per heavy atom. The number of nitrogens with one attached hydrogen (secondary N) is 1. The molecule has 1 aliphatic carbocycles. The van der Waals surface area contributed by atoms with Gasteiger partial charge in [-0.25, -0.2) is 22.7 Å². The van der Waals surface area contributed by atoms with Crippen molar-refractivity contribution in [2.45, 2.75) is 51.0 Å². The molecular formula is C25H23Cl2N3O18P4-4. The fraction of sp³-hybridized carbons (Fsp3) is 0.360. The summed E-state index contributed by atoms with van der Waals surface area (Å²) in [5.74, 6) is -1.26. The van der Waals surface area contributed by atoms with Crippen LogP contribution in [0.25, 0.3) is 0 Å². The zero-order chi connectivity index (χ0) is 38.8. The number of rotatable bonds is 12. The van der Waals surface area contributed by atoms with Gasteiger partial charge in [-0.1, -0.05) is 37.0 Å². The molecule has 1 fully saturated rings. The van der Waals surface area contributed by atoms with Gasteiger partial charge in [0.1, 0.15) is 18.1 Å². The van der Waals surface area contributed by atoms with Crippen molar-refractivity contribution in [2.75, 3.05) is 6.61 Å². The van der Waals surface area contributed by atoms with Crippen LogP contribution in [-0.4, -0.2) is 45.0 Å². The number of aromatic amines is 1. The lowest BCUT2D eigenvalue weighted by Gasteiger charge is -2.37.